The third-order valence-electron chi connectivity index (χ3n) is 10.1. The Hall–Kier alpha value is -6.13. The quantitative estimate of drug-likeness (QED) is 0.198. The zero-order chi connectivity index (χ0) is 32.0. The molecule has 1 aliphatic rings. The number of para-hydroxylation sites is 1. The molecule has 9 aromatic rings. The van der Waals surface area contributed by atoms with E-state index in [0.29, 0.717) is 17.5 Å². The monoisotopic (exact) mass is 615 g/mol. The summed E-state index contributed by atoms with van der Waals surface area (Å²) in [5, 5.41) is 6.87. The molecule has 4 nitrogen and oxygen atoms in total. The van der Waals surface area contributed by atoms with Crippen molar-refractivity contribution in [2.45, 2.75) is 19.3 Å². The number of hydrogen-bond acceptors (Lipinski definition) is 4. The second kappa shape index (κ2) is 9.93. The van der Waals surface area contributed by atoms with Gasteiger partial charge in [-0.25, -0.2) is 15.0 Å². The Labute approximate surface area is 277 Å². The Morgan fingerprint density at radius 2 is 1.12 bits per heavy atom. The normalized spacial score (nSPS) is 13.4. The van der Waals surface area contributed by atoms with Gasteiger partial charge in [0.05, 0.1) is 5.56 Å². The van der Waals surface area contributed by atoms with Crippen molar-refractivity contribution in [3.63, 3.8) is 0 Å². The molecule has 0 saturated heterocycles. The standard InChI is InChI=1S/C44H29N3O/c1-44(2)35-22-11-10-19-32(35)36-30-17-8-9-18-31(30)40-37(38(36)44)33-20-12-21-34(39(33)48-40)43-46-41(27-14-4-3-5-15-27)45-42(47-43)29-24-23-26-13-6-7-16-28(26)25-29/h3-25H,1-2H3. The van der Waals surface area contributed by atoms with Crippen LogP contribution in [0.2, 0.25) is 0 Å². The summed E-state index contributed by atoms with van der Waals surface area (Å²) in [5.74, 6) is 1.83. The summed E-state index contributed by atoms with van der Waals surface area (Å²) >= 11 is 0. The lowest BCUT2D eigenvalue weighted by molar-refractivity contribution is 0.659. The molecule has 0 fully saturated rings. The first-order chi connectivity index (χ1) is 23.6. The minimum Gasteiger partial charge on any atom is -0.455 e. The van der Waals surface area contributed by atoms with Crippen molar-refractivity contribution in [2.24, 2.45) is 0 Å². The molecule has 2 aromatic heterocycles. The molecule has 0 atom stereocenters. The molecule has 0 saturated carbocycles. The van der Waals surface area contributed by atoms with E-state index in [9.17, 15) is 0 Å². The van der Waals surface area contributed by atoms with Gasteiger partial charge in [0.1, 0.15) is 11.2 Å². The molecular weight excluding hydrogens is 587 g/mol. The van der Waals surface area contributed by atoms with E-state index in [0.717, 1.165) is 49.4 Å². The summed E-state index contributed by atoms with van der Waals surface area (Å²) in [6, 6.07) is 48.7. The Morgan fingerprint density at radius 3 is 1.98 bits per heavy atom. The van der Waals surface area contributed by atoms with E-state index >= 15 is 0 Å². The summed E-state index contributed by atoms with van der Waals surface area (Å²) in [6.45, 7) is 4.67. The molecule has 0 aliphatic heterocycles. The highest BCUT2D eigenvalue weighted by Gasteiger charge is 2.39. The molecule has 226 valence electrons. The summed E-state index contributed by atoms with van der Waals surface area (Å²) in [7, 11) is 0. The highest BCUT2D eigenvalue weighted by Crippen LogP contribution is 2.56. The fraction of sp³-hybridized carbons (Fsp3) is 0.0682. The highest BCUT2D eigenvalue weighted by molar-refractivity contribution is 6.24. The Balaban J connectivity index is 1.28. The fourth-order valence-electron chi connectivity index (χ4n) is 7.85. The van der Waals surface area contributed by atoms with E-state index < -0.39 is 0 Å². The number of rotatable bonds is 3. The average Bonchev–Trinajstić information content (AvgIpc) is 3.64. The summed E-state index contributed by atoms with van der Waals surface area (Å²) in [6.07, 6.45) is 0. The maximum Gasteiger partial charge on any atom is 0.167 e. The predicted molar refractivity (Wildman–Crippen MR) is 196 cm³/mol. The van der Waals surface area contributed by atoms with Crippen LogP contribution in [0.3, 0.4) is 0 Å². The van der Waals surface area contributed by atoms with Gasteiger partial charge in [-0.2, -0.15) is 0 Å². The molecule has 0 spiro atoms. The molecule has 0 amide bonds. The Kier molecular flexibility index (Phi) is 5.59. The lowest BCUT2D eigenvalue weighted by atomic mass is 9.79. The molecule has 10 rings (SSSR count). The lowest BCUT2D eigenvalue weighted by Crippen LogP contribution is -2.15. The van der Waals surface area contributed by atoms with E-state index in [1.807, 2.05) is 30.3 Å². The van der Waals surface area contributed by atoms with Crippen LogP contribution in [0.4, 0.5) is 0 Å². The Morgan fingerprint density at radius 1 is 0.479 bits per heavy atom. The van der Waals surface area contributed by atoms with Crippen LogP contribution in [-0.2, 0) is 5.41 Å². The minimum atomic E-state index is -0.210. The number of furan rings is 1. The number of nitrogens with zero attached hydrogens (tertiary/aromatic N) is 3. The summed E-state index contributed by atoms with van der Waals surface area (Å²) < 4.78 is 7.02. The van der Waals surface area contributed by atoms with Crippen LogP contribution in [0.5, 0.6) is 0 Å². The molecule has 4 heteroatoms. The molecule has 0 radical (unpaired) electrons. The molecule has 7 aromatic carbocycles. The summed E-state index contributed by atoms with van der Waals surface area (Å²) in [4.78, 5) is 15.2. The van der Waals surface area contributed by atoms with E-state index in [1.54, 1.807) is 0 Å². The van der Waals surface area contributed by atoms with Gasteiger partial charge in [-0.3, -0.25) is 0 Å². The maximum absolute atomic E-state index is 7.02. The van der Waals surface area contributed by atoms with E-state index in [1.165, 1.54) is 33.0 Å². The third kappa shape index (κ3) is 3.80. The number of hydrogen-bond donors (Lipinski definition) is 0. The minimum absolute atomic E-state index is 0.210. The van der Waals surface area contributed by atoms with Crippen molar-refractivity contribution >= 4 is 43.5 Å². The predicted octanol–water partition coefficient (Wildman–Crippen LogP) is 11.4. The third-order valence-corrected chi connectivity index (χ3v) is 10.1. The maximum atomic E-state index is 7.02. The van der Waals surface area contributed by atoms with Crippen LogP contribution in [0.25, 0.3) is 88.8 Å². The highest BCUT2D eigenvalue weighted by atomic mass is 16.3. The Bertz CT molecular complexity index is 2760. The number of benzene rings is 7. The second-order valence-corrected chi connectivity index (χ2v) is 13.2. The van der Waals surface area contributed by atoms with Gasteiger partial charge in [0.2, 0.25) is 0 Å². The second-order valence-electron chi connectivity index (χ2n) is 13.2. The van der Waals surface area contributed by atoms with Crippen LogP contribution in [0.15, 0.2) is 144 Å². The molecule has 48 heavy (non-hydrogen) atoms. The van der Waals surface area contributed by atoms with Crippen molar-refractivity contribution in [2.75, 3.05) is 0 Å². The van der Waals surface area contributed by atoms with Crippen LogP contribution < -0.4 is 0 Å². The van der Waals surface area contributed by atoms with Crippen molar-refractivity contribution in [1.29, 1.82) is 0 Å². The topological polar surface area (TPSA) is 51.8 Å². The lowest BCUT2D eigenvalue weighted by Gasteiger charge is -2.22. The smallest absolute Gasteiger partial charge is 0.167 e. The SMILES string of the molecule is CC1(C)c2ccccc2-c2c1c1c3cccc(-c4nc(-c5ccccc5)nc(-c5ccc6ccccc6c5)n4)c3oc1c1ccccc21. The molecule has 0 unspecified atom stereocenters. The van der Waals surface area contributed by atoms with Crippen molar-refractivity contribution < 1.29 is 4.42 Å². The van der Waals surface area contributed by atoms with Gasteiger partial charge in [0.25, 0.3) is 0 Å². The number of fused-ring (bicyclic) bond motifs is 11. The van der Waals surface area contributed by atoms with Gasteiger partial charge >= 0.3 is 0 Å². The van der Waals surface area contributed by atoms with E-state index in [-0.39, 0.29) is 5.41 Å². The van der Waals surface area contributed by atoms with Crippen LogP contribution >= 0.6 is 0 Å². The molecule has 1 aliphatic carbocycles. The van der Waals surface area contributed by atoms with Gasteiger partial charge in [-0.15, -0.1) is 0 Å². The van der Waals surface area contributed by atoms with Gasteiger partial charge in [0.15, 0.2) is 17.5 Å². The fourth-order valence-corrected chi connectivity index (χ4v) is 7.85. The van der Waals surface area contributed by atoms with Gasteiger partial charge in [0, 0.05) is 32.7 Å². The van der Waals surface area contributed by atoms with Crippen molar-refractivity contribution in [1.82, 2.24) is 15.0 Å². The summed E-state index contributed by atoms with van der Waals surface area (Å²) in [5.41, 5.74) is 9.45. The average molecular weight is 616 g/mol. The molecule has 2 heterocycles. The number of aromatic nitrogens is 3. The molecular formula is C44H29N3O. The van der Waals surface area contributed by atoms with E-state index in [4.69, 9.17) is 19.4 Å². The molecule has 0 bridgehead atoms. The van der Waals surface area contributed by atoms with Gasteiger partial charge < -0.3 is 4.42 Å². The first-order valence-electron chi connectivity index (χ1n) is 16.4. The van der Waals surface area contributed by atoms with Gasteiger partial charge in [-0.05, 0) is 50.5 Å². The largest absolute Gasteiger partial charge is 0.455 e. The zero-order valence-electron chi connectivity index (χ0n) is 26.5. The van der Waals surface area contributed by atoms with Crippen molar-refractivity contribution in [3.8, 4) is 45.3 Å². The van der Waals surface area contributed by atoms with E-state index in [2.05, 4.69) is 123 Å². The first kappa shape index (κ1) is 27.0. The van der Waals surface area contributed by atoms with Crippen LogP contribution in [-0.4, -0.2) is 15.0 Å². The molecule has 0 N–H and O–H groups in total. The van der Waals surface area contributed by atoms with Crippen molar-refractivity contribution in [3.05, 3.63) is 151 Å². The van der Waals surface area contributed by atoms with Crippen LogP contribution in [0, 0.1) is 0 Å². The van der Waals surface area contributed by atoms with Crippen LogP contribution in [0.1, 0.15) is 25.0 Å². The van der Waals surface area contributed by atoms with Gasteiger partial charge in [-0.1, -0.05) is 141 Å². The zero-order valence-corrected chi connectivity index (χ0v) is 26.5. The first-order valence-corrected chi connectivity index (χ1v) is 16.4.